The number of carboxylic acid groups (broad SMARTS) is 1. The van der Waals surface area contributed by atoms with E-state index in [1.54, 1.807) is 0 Å². The van der Waals surface area contributed by atoms with Crippen molar-refractivity contribution in [2.75, 3.05) is 31.1 Å². The number of carbonyl (C=O) groups excluding carboxylic acids is 2. The van der Waals surface area contributed by atoms with Gasteiger partial charge in [0.25, 0.3) is 0 Å². The van der Waals surface area contributed by atoms with Crippen molar-refractivity contribution in [2.45, 2.75) is 25.7 Å². The fraction of sp³-hybridized carbons (Fsp3) is 0.556. The van der Waals surface area contributed by atoms with Crippen LogP contribution in [0.3, 0.4) is 0 Å². The molecule has 1 heterocycles. The lowest BCUT2D eigenvalue weighted by Gasteiger charge is -2.40. The molecular formula is C18H22ClN2O3-. The predicted octanol–water partition coefficient (Wildman–Crippen LogP) is 1.54. The average molecular weight is 350 g/mol. The molecule has 2 unspecified atom stereocenters. The zero-order valence-corrected chi connectivity index (χ0v) is 14.4. The third-order valence-electron chi connectivity index (χ3n) is 5.15. The van der Waals surface area contributed by atoms with Crippen LogP contribution in [0.5, 0.6) is 0 Å². The van der Waals surface area contributed by atoms with Gasteiger partial charge in [-0.05, 0) is 31.0 Å². The van der Waals surface area contributed by atoms with Crippen LogP contribution >= 0.6 is 11.6 Å². The quantitative estimate of drug-likeness (QED) is 0.830. The molecular weight excluding hydrogens is 328 g/mol. The third kappa shape index (κ3) is 3.66. The summed E-state index contributed by atoms with van der Waals surface area (Å²) in [5.41, 5.74) is 1.06. The lowest BCUT2D eigenvalue weighted by molar-refractivity contribution is -0.314. The molecule has 1 amide bonds. The fourth-order valence-corrected chi connectivity index (χ4v) is 3.99. The smallest absolute Gasteiger partial charge is 0.226 e. The molecule has 0 bridgehead atoms. The van der Waals surface area contributed by atoms with Crippen LogP contribution in [0.2, 0.25) is 5.02 Å². The van der Waals surface area contributed by atoms with Gasteiger partial charge < -0.3 is 19.7 Å². The van der Waals surface area contributed by atoms with E-state index in [0.29, 0.717) is 31.0 Å². The van der Waals surface area contributed by atoms with Gasteiger partial charge in [-0.15, -0.1) is 0 Å². The molecule has 1 saturated carbocycles. The molecule has 1 aliphatic carbocycles. The van der Waals surface area contributed by atoms with E-state index in [0.717, 1.165) is 31.6 Å². The second-order valence-corrected chi connectivity index (χ2v) is 7.05. The summed E-state index contributed by atoms with van der Waals surface area (Å²) in [5.74, 6) is -2.14. The van der Waals surface area contributed by atoms with E-state index in [-0.39, 0.29) is 5.91 Å². The monoisotopic (exact) mass is 349 g/mol. The lowest BCUT2D eigenvalue weighted by Crippen LogP contribution is -2.53. The first-order chi connectivity index (χ1) is 11.6. The van der Waals surface area contributed by atoms with Crippen LogP contribution in [0, 0.1) is 11.8 Å². The highest BCUT2D eigenvalue weighted by Crippen LogP contribution is 2.31. The minimum Gasteiger partial charge on any atom is -0.550 e. The fourth-order valence-electron chi connectivity index (χ4n) is 3.80. The summed E-state index contributed by atoms with van der Waals surface area (Å²) in [6.45, 7) is 2.69. The number of carboxylic acids is 1. The maximum Gasteiger partial charge on any atom is 0.226 e. The van der Waals surface area contributed by atoms with E-state index in [2.05, 4.69) is 4.90 Å². The molecule has 0 spiro atoms. The molecule has 2 atom stereocenters. The van der Waals surface area contributed by atoms with E-state index >= 15 is 0 Å². The van der Waals surface area contributed by atoms with Gasteiger partial charge >= 0.3 is 0 Å². The van der Waals surface area contributed by atoms with E-state index in [9.17, 15) is 14.7 Å². The first kappa shape index (κ1) is 17.1. The Morgan fingerprint density at radius 1 is 1.04 bits per heavy atom. The highest BCUT2D eigenvalue weighted by molar-refractivity contribution is 6.30. The Morgan fingerprint density at radius 3 is 2.33 bits per heavy atom. The largest absolute Gasteiger partial charge is 0.550 e. The summed E-state index contributed by atoms with van der Waals surface area (Å²) in [5, 5.41) is 12.0. The Hall–Kier alpha value is -1.75. The van der Waals surface area contributed by atoms with Crippen molar-refractivity contribution < 1.29 is 14.7 Å². The van der Waals surface area contributed by atoms with Gasteiger partial charge in [0.1, 0.15) is 0 Å². The molecule has 1 aromatic rings. The van der Waals surface area contributed by atoms with Crippen LogP contribution in [0.25, 0.3) is 0 Å². The Morgan fingerprint density at radius 2 is 1.71 bits per heavy atom. The summed E-state index contributed by atoms with van der Waals surface area (Å²) < 4.78 is 0. The third-order valence-corrected chi connectivity index (χ3v) is 5.39. The summed E-state index contributed by atoms with van der Waals surface area (Å²) in [6, 6.07) is 7.69. The number of benzene rings is 1. The first-order valence-corrected chi connectivity index (χ1v) is 8.94. The van der Waals surface area contributed by atoms with Crippen molar-refractivity contribution in [3.8, 4) is 0 Å². The van der Waals surface area contributed by atoms with Gasteiger partial charge in [-0.3, -0.25) is 4.79 Å². The second-order valence-electron chi connectivity index (χ2n) is 6.61. The molecule has 24 heavy (non-hydrogen) atoms. The van der Waals surface area contributed by atoms with Crippen LogP contribution in [-0.4, -0.2) is 43.0 Å². The normalized spacial score (nSPS) is 24.7. The van der Waals surface area contributed by atoms with Crippen molar-refractivity contribution in [3.63, 3.8) is 0 Å². The van der Waals surface area contributed by atoms with Crippen molar-refractivity contribution >= 4 is 29.2 Å². The minimum absolute atomic E-state index is 0.0188. The van der Waals surface area contributed by atoms with Crippen molar-refractivity contribution in [2.24, 2.45) is 11.8 Å². The molecule has 1 aromatic carbocycles. The van der Waals surface area contributed by atoms with Gasteiger partial charge in [-0.25, -0.2) is 0 Å². The molecule has 0 aromatic heterocycles. The van der Waals surface area contributed by atoms with Crippen LogP contribution in [0.4, 0.5) is 5.69 Å². The molecule has 130 valence electrons. The molecule has 6 heteroatoms. The zero-order chi connectivity index (χ0) is 17.1. The Bertz CT molecular complexity index is 614. The Kier molecular flexibility index (Phi) is 5.29. The molecule has 2 fully saturated rings. The van der Waals surface area contributed by atoms with E-state index < -0.39 is 17.8 Å². The molecule has 0 radical (unpaired) electrons. The highest BCUT2D eigenvalue weighted by Gasteiger charge is 2.35. The molecule has 0 N–H and O–H groups in total. The molecule has 3 rings (SSSR count). The number of anilines is 1. The average Bonchev–Trinajstić information content (AvgIpc) is 2.61. The summed E-state index contributed by atoms with van der Waals surface area (Å²) in [7, 11) is 0. The van der Waals surface area contributed by atoms with Crippen LogP contribution in [0.15, 0.2) is 24.3 Å². The predicted molar refractivity (Wildman–Crippen MR) is 90.7 cm³/mol. The van der Waals surface area contributed by atoms with E-state index in [1.807, 2.05) is 29.2 Å². The maximum absolute atomic E-state index is 12.8. The molecule has 1 saturated heterocycles. The number of piperazine rings is 1. The van der Waals surface area contributed by atoms with Crippen molar-refractivity contribution in [1.82, 2.24) is 4.90 Å². The molecule has 2 aliphatic rings. The number of carbonyl (C=O) groups is 2. The number of aliphatic carboxylic acids is 1. The topological polar surface area (TPSA) is 63.7 Å². The van der Waals surface area contributed by atoms with Crippen LogP contribution in [-0.2, 0) is 9.59 Å². The standard InChI is InChI=1S/C18H23ClN2O3/c19-13-4-3-5-14(12-13)20-8-10-21(11-9-20)17(22)15-6-1-2-7-16(15)18(23)24/h3-5,12,15-16H,1-2,6-11H2,(H,23,24)/p-1. The van der Waals surface area contributed by atoms with Crippen molar-refractivity contribution in [3.05, 3.63) is 29.3 Å². The highest BCUT2D eigenvalue weighted by atomic mass is 35.5. The van der Waals surface area contributed by atoms with E-state index in [4.69, 9.17) is 11.6 Å². The number of amides is 1. The van der Waals surface area contributed by atoms with Gasteiger partial charge in [-0.2, -0.15) is 0 Å². The van der Waals surface area contributed by atoms with E-state index in [1.165, 1.54) is 0 Å². The van der Waals surface area contributed by atoms with Gasteiger partial charge in [0.15, 0.2) is 0 Å². The molecule has 5 nitrogen and oxygen atoms in total. The van der Waals surface area contributed by atoms with Gasteiger partial charge in [0.05, 0.1) is 0 Å². The van der Waals surface area contributed by atoms with Crippen LogP contribution < -0.4 is 10.0 Å². The number of rotatable bonds is 3. The van der Waals surface area contributed by atoms with Crippen LogP contribution in [0.1, 0.15) is 25.7 Å². The zero-order valence-electron chi connectivity index (χ0n) is 13.6. The lowest BCUT2D eigenvalue weighted by atomic mass is 9.78. The Labute approximate surface area is 147 Å². The van der Waals surface area contributed by atoms with Crippen molar-refractivity contribution in [1.29, 1.82) is 0 Å². The molecule has 1 aliphatic heterocycles. The summed E-state index contributed by atoms with van der Waals surface area (Å²) in [4.78, 5) is 28.1. The number of hydrogen-bond donors (Lipinski definition) is 0. The maximum atomic E-state index is 12.8. The van der Waals surface area contributed by atoms with Gasteiger partial charge in [0.2, 0.25) is 5.91 Å². The summed E-state index contributed by atoms with van der Waals surface area (Å²) in [6.07, 6.45) is 3.00. The number of hydrogen-bond acceptors (Lipinski definition) is 4. The summed E-state index contributed by atoms with van der Waals surface area (Å²) >= 11 is 6.04. The second kappa shape index (κ2) is 7.43. The minimum atomic E-state index is -1.08. The first-order valence-electron chi connectivity index (χ1n) is 8.56. The van der Waals surface area contributed by atoms with Gasteiger partial charge in [-0.1, -0.05) is 30.5 Å². The SMILES string of the molecule is O=C([O-])C1CCCCC1C(=O)N1CCN(c2cccc(Cl)c2)CC1. The number of nitrogens with zero attached hydrogens (tertiary/aromatic N) is 2. The number of halogens is 1. The Balaban J connectivity index is 1.61. The van der Waals surface area contributed by atoms with Gasteiger partial charge in [0, 0.05) is 54.7 Å².